The van der Waals surface area contributed by atoms with Crippen LogP contribution in [0.2, 0.25) is 0 Å². The molecule has 0 unspecified atom stereocenters. The molecule has 1 N–H and O–H groups in total. The van der Waals surface area contributed by atoms with E-state index >= 15 is 0 Å². The summed E-state index contributed by atoms with van der Waals surface area (Å²) >= 11 is 3.24. The van der Waals surface area contributed by atoms with Crippen molar-refractivity contribution in [2.45, 2.75) is 11.8 Å². The Morgan fingerprint density at radius 3 is 2.42 bits per heavy atom. The van der Waals surface area contributed by atoms with Gasteiger partial charge in [-0.2, -0.15) is 0 Å². The second-order valence-corrected chi connectivity index (χ2v) is 7.27. The number of sulfonamides is 1. The van der Waals surface area contributed by atoms with E-state index in [1.54, 1.807) is 19.1 Å². The van der Waals surface area contributed by atoms with E-state index in [0.29, 0.717) is 15.7 Å². The van der Waals surface area contributed by atoms with Crippen LogP contribution < -0.4 is 9.46 Å². The number of rotatable bonds is 6. The number of hydrogen-bond acceptors (Lipinski definition) is 5. The van der Waals surface area contributed by atoms with Crippen molar-refractivity contribution in [3.05, 3.63) is 52.5 Å². The van der Waals surface area contributed by atoms with Crippen molar-refractivity contribution < 1.29 is 22.7 Å². The lowest BCUT2D eigenvalue weighted by Crippen LogP contribution is -2.14. The van der Waals surface area contributed by atoms with Gasteiger partial charge in [-0.3, -0.25) is 4.72 Å². The van der Waals surface area contributed by atoms with E-state index in [0.717, 1.165) is 0 Å². The molecule has 0 fully saturated rings. The molecule has 0 aliphatic carbocycles. The molecule has 0 heterocycles. The topological polar surface area (TPSA) is 81.7 Å². The zero-order valence-corrected chi connectivity index (χ0v) is 15.5. The third-order valence-corrected chi connectivity index (χ3v) is 4.96. The number of ether oxygens (including phenoxy) is 2. The lowest BCUT2D eigenvalue weighted by molar-refractivity contribution is 0.0526. The molecule has 0 atom stereocenters. The first-order chi connectivity index (χ1) is 11.4. The Morgan fingerprint density at radius 2 is 1.83 bits per heavy atom. The third-order valence-electron chi connectivity index (χ3n) is 3.06. The van der Waals surface area contributed by atoms with Crippen LogP contribution in [0.25, 0.3) is 0 Å². The lowest BCUT2D eigenvalue weighted by atomic mass is 10.2. The number of anilines is 1. The van der Waals surface area contributed by atoms with Gasteiger partial charge >= 0.3 is 5.97 Å². The van der Waals surface area contributed by atoms with E-state index in [1.807, 2.05) is 0 Å². The van der Waals surface area contributed by atoms with Crippen LogP contribution in [-0.2, 0) is 14.8 Å². The average Bonchev–Trinajstić information content (AvgIpc) is 2.55. The SMILES string of the molecule is CCOC(=O)c1ccc(NS(=O)(=O)c2cc(Br)ccc2OC)cc1. The summed E-state index contributed by atoms with van der Waals surface area (Å²) in [5, 5.41) is 0. The lowest BCUT2D eigenvalue weighted by Gasteiger charge is -2.12. The van der Waals surface area contributed by atoms with Crippen LogP contribution in [0, 0.1) is 0 Å². The van der Waals surface area contributed by atoms with E-state index in [4.69, 9.17) is 9.47 Å². The number of benzene rings is 2. The summed E-state index contributed by atoms with van der Waals surface area (Å²) in [4.78, 5) is 11.6. The van der Waals surface area contributed by atoms with Gasteiger partial charge in [0.2, 0.25) is 0 Å². The molecule has 128 valence electrons. The van der Waals surface area contributed by atoms with Crippen LogP contribution in [0.3, 0.4) is 0 Å². The number of carbonyl (C=O) groups is 1. The fourth-order valence-corrected chi connectivity index (χ4v) is 3.73. The average molecular weight is 414 g/mol. The highest BCUT2D eigenvalue weighted by molar-refractivity contribution is 9.10. The second kappa shape index (κ2) is 7.67. The molecule has 0 spiro atoms. The maximum Gasteiger partial charge on any atom is 0.338 e. The molecular formula is C16H16BrNO5S. The zero-order chi connectivity index (χ0) is 17.7. The van der Waals surface area contributed by atoms with E-state index in [-0.39, 0.29) is 17.3 Å². The van der Waals surface area contributed by atoms with Crippen molar-refractivity contribution in [1.29, 1.82) is 0 Å². The van der Waals surface area contributed by atoms with Gasteiger partial charge in [0.05, 0.1) is 19.3 Å². The van der Waals surface area contributed by atoms with Gasteiger partial charge in [0.15, 0.2) is 0 Å². The molecule has 0 bridgehead atoms. The molecule has 0 radical (unpaired) electrons. The van der Waals surface area contributed by atoms with Crippen LogP contribution in [0.1, 0.15) is 17.3 Å². The van der Waals surface area contributed by atoms with Crippen LogP contribution in [0.15, 0.2) is 51.8 Å². The quantitative estimate of drug-likeness (QED) is 0.733. The Labute approximate surface area is 149 Å². The Kier molecular flexibility index (Phi) is 5.84. The predicted octanol–water partition coefficient (Wildman–Crippen LogP) is 3.44. The highest BCUT2D eigenvalue weighted by atomic mass is 79.9. The molecule has 8 heteroatoms. The van der Waals surface area contributed by atoms with Gasteiger partial charge in [-0.25, -0.2) is 13.2 Å². The number of carbonyl (C=O) groups excluding carboxylic acids is 1. The van der Waals surface area contributed by atoms with Gasteiger partial charge in [0.25, 0.3) is 10.0 Å². The number of hydrogen-bond donors (Lipinski definition) is 1. The first-order valence-electron chi connectivity index (χ1n) is 7.01. The van der Waals surface area contributed by atoms with Gasteiger partial charge in [-0.1, -0.05) is 15.9 Å². The van der Waals surface area contributed by atoms with Crippen molar-refractivity contribution in [3.63, 3.8) is 0 Å². The first-order valence-corrected chi connectivity index (χ1v) is 9.28. The van der Waals surface area contributed by atoms with E-state index in [9.17, 15) is 13.2 Å². The van der Waals surface area contributed by atoms with E-state index in [2.05, 4.69) is 20.7 Å². The monoisotopic (exact) mass is 413 g/mol. The number of esters is 1. The molecule has 0 amide bonds. The smallest absolute Gasteiger partial charge is 0.338 e. The molecule has 0 saturated carbocycles. The maximum atomic E-state index is 12.6. The standard InChI is InChI=1S/C16H16BrNO5S/c1-3-23-16(19)11-4-7-13(8-5-11)18-24(20,21)15-10-12(17)6-9-14(15)22-2/h4-10,18H,3H2,1-2H3. The Hall–Kier alpha value is -2.06. The fourth-order valence-electron chi connectivity index (χ4n) is 1.96. The molecule has 2 rings (SSSR count). The van der Waals surface area contributed by atoms with Crippen LogP contribution >= 0.6 is 15.9 Å². The summed E-state index contributed by atoms with van der Waals surface area (Å²) in [5.74, 6) is -0.227. The summed E-state index contributed by atoms with van der Waals surface area (Å²) in [5.41, 5.74) is 0.671. The van der Waals surface area contributed by atoms with E-state index < -0.39 is 16.0 Å². The fraction of sp³-hybridized carbons (Fsp3) is 0.188. The number of nitrogens with one attached hydrogen (secondary N) is 1. The summed E-state index contributed by atoms with van der Waals surface area (Å²) in [7, 11) is -2.44. The Balaban J connectivity index is 2.27. The van der Waals surface area contributed by atoms with Crippen molar-refractivity contribution in [2.24, 2.45) is 0 Å². The minimum absolute atomic E-state index is 0.00819. The molecule has 0 aliphatic heterocycles. The van der Waals surface area contributed by atoms with Gasteiger partial charge in [-0.05, 0) is 49.4 Å². The molecule has 0 aliphatic rings. The molecule has 0 saturated heterocycles. The summed E-state index contributed by atoms with van der Waals surface area (Å²) in [6.45, 7) is 1.99. The minimum atomic E-state index is -3.84. The number of methoxy groups -OCH3 is 1. The van der Waals surface area contributed by atoms with Gasteiger partial charge in [-0.15, -0.1) is 0 Å². The highest BCUT2D eigenvalue weighted by Crippen LogP contribution is 2.28. The molecule has 6 nitrogen and oxygen atoms in total. The molecular weight excluding hydrogens is 398 g/mol. The maximum absolute atomic E-state index is 12.6. The molecule has 2 aromatic carbocycles. The van der Waals surface area contributed by atoms with Crippen LogP contribution in [0.4, 0.5) is 5.69 Å². The van der Waals surface area contributed by atoms with Gasteiger partial charge in [0.1, 0.15) is 10.6 Å². The molecule has 0 aromatic heterocycles. The zero-order valence-electron chi connectivity index (χ0n) is 13.1. The third kappa shape index (κ3) is 4.27. The van der Waals surface area contributed by atoms with Crippen molar-refractivity contribution >= 4 is 37.6 Å². The Bertz CT molecular complexity index is 834. The van der Waals surface area contributed by atoms with Crippen molar-refractivity contribution in [2.75, 3.05) is 18.4 Å². The first kappa shape index (κ1) is 18.3. The molecule has 2 aromatic rings. The van der Waals surface area contributed by atoms with E-state index in [1.165, 1.54) is 37.4 Å². The largest absolute Gasteiger partial charge is 0.495 e. The number of halogens is 1. The molecule has 24 heavy (non-hydrogen) atoms. The van der Waals surface area contributed by atoms with Gasteiger partial charge in [0, 0.05) is 10.2 Å². The van der Waals surface area contributed by atoms with Crippen LogP contribution in [-0.4, -0.2) is 28.1 Å². The Morgan fingerprint density at radius 1 is 1.17 bits per heavy atom. The second-order valence-electron chi connectivity index (χ2n) is 4.70. The summed E-state index contributed by atoms with van der Waals surface area (Å²) in [6, 6.07) is 10.7. The highest BCUT2D eigenvalue weighted by Gasteiger charge is 2.20. The van der Waals surface area contributed by atoms with Crippen LogP contribution in [0.5, 0.6) is 5.75 Å². The predicted molar refractivity (Wildman–Crippen MR) is 93.9 cm³/mol. The normalized spacial score (nSPS) is 11.0. The summed E-state index contributed by atoms with van der Waals surface area (Å²) < 4.78 is 38.2. The summed E-state index contributed by atoms with van der Waals surface area (Å²) in [6.07, 6.45) is 0. The van der Waals surface area contributed by atoms with Gasteiger partial charge < -0.3 is 9.47 Å². The van der Waals surface area contributed by atoms with Crippen molar-refractivity contribution in [3.8, 4) is 5.75 Å². The van der Waals surface area contributed by atoms with Crippen molar-refractivity contribution in [1.82, 2.24) is 0 Å². The minimum Gasteiger partial charge on any atom is -0.495 e.